The van der Waals surface area contributed by atoms with E-state index >= 15 is 0 Å². The van der Waals surface area contributed by atoms with Gasteiger partial charge in [-0.1, -0.05) is 0 Å². The first-order valence-electron chi connectivity index (χ1n) is 6.28. The lowest BCUT2D eigenvalue weighted by atomic mass is 10.1. The van der Waals surface area contributed by atoms with E-state index in [9.17, 15) is 8.42 Å². The highest BCUT2D eigenvalue weighted by molar-refractivity contribution is 7.91. The van der Waals surface area contributed by atoms with Crippen LogP contribution in [0.3, 0.4) is 0 Å². The molecule has 1 unspecified atom stereocenters. The number of methoxy groups -OCH3 is 1. The molecule has 0 saturated carbocycles. The van der Waals surface area contributed by atoms with Crippen molar-refractivity contribution in [3.05, 3.63) is 23.8 Å². The van der Waals surface area contributed by atoms with Crippen molar-refractivity contribution in [2.24, 2.45) is 5.73 Å². The maximum absolute atomic E-state index is 11.4. The highest BCUT2D eigenvalue weighted by atomic mass is 32.2. The molecule has 1 aromatic rings. The van der Waals surface area contributed by atoms with Crippen LogP contribution in [-0.2, 0) is 16.3 Å². The Labute approximate surface area is 113 Å². The van der Waals surface area contributed by atoms with Crippen LogP contribution in [0, 0.1) is 0 Å². The number of benzene rings is 1. The van der Waals surface area contributed by atoms with Gasteiger partial charge in [0.15, 0.2) is 9.84 Å². The first-order chi connectivity index (χ1) is 9.04. The first kappa shape index (κ1) is 14.1. The van der Waals surface area contributed by atoms with E-state index in [1.807, 2.05) is 12.1 Å². The summed E-state index contributed by atoms with van der Waals surface area (Å²) in [4.78, 5) is 0. The molecule has 106 valence electrons. The van der Waals surface area contributed by atoms with Gasteiger partial charge < -0.3 is 15.2 Å². The molecule has 1 fully saturated rings. The Morgan fingerprint density at radius 3 is 2.79 bits per heavy atom. The summed E-state index contributed by atoms with van der Waals surface area (Å²) in [6.45, 7) is 0.506. The van der Waals surface area contributed by atoms with Gasteiger partial charge in [0.05, 0.1) is 18.6 Å². The number of sulfone groups is 1. The van der Waals surface area contributed by atoms with E-state index in [-0.39, 0.29) is 17.6 Å². The molecule has 6 heteroatoms. The molecule has 1 aliphatic rings. The standard InChI is InChI=1S/C13H19NO4S/c1-17-11-2-3-13(10(8-11)4-6-14)18-12-5-7-19(15,16)9-12/h2-3,8,12H,4-7,9,14H2,1H3. The lowest BCUT2D eigenvalue weighted by Crippen LogP contribution is -2.19. The van der Waals surface area contributed by atoms with Gasteiger partial charge in [-0.2, -0.15) is 0 Å². The number of hydrogen-bond donors (Lipinski definition) is 1. The van der Waals surface area contributed by atoms with Crippen LogP contribution in [0.4, 0.5) is 0 Å². The Balaban J connectivity index is 2.15. The normalized spacial score (nSPS) is 21.3. The van der Waals surface area contributed by atoms with Crippen molar-refractivity contribution in [1.29, 1.82) is 0 Å². The van der Waals surface area contributed by atoms with Gasteiger partial charge in [0.25, 0.3) is 0 Å². The fraction of sp³-hybridized carbons (Fsp3) is 0.538. The molecule has 1 saturated heterocycles. The summed E-state index contributed by atoms with van der Waals surface area (Å²) in [7, 11) is -1.33. The molecule has 0 aromatic heterocycles. The predicted octanol–water partition coefficient (Wildman–Crippen LogP) is 0.762. The van der Waals surface area contributed by atoms with Gasteiger partial charge in [0.2, 0.25) is 0 Å². The third-order valence-electron chi connectivity index (χ3n) is 3.17. The van der Waals surface area contributed by atoms with Crippen molar-refractivity contribution in [2.75, 3.05) is 25.2 Å². The zero-order chi connectivity index (χ0) is 13.9. The molecule has 1 aromatic carbocycles. The van der Waals surface area contributed by atoms with E-state index in [1.54, 1.807) is 13.2 Å². The van der Waals surface area contributed by atoms with Crippen LogP contribution in [0.1, 0.15) is 12.0 Å². The van der Waals surface area contributed by atoms with Gasteiger partial charge in [0, 0.05) is 0 Å². The highest BCUT2D eigenvalue weighted by Crippen LogP contribution is 2.27. The molecule has 1 heterocycles. The molecule has 19 heavy (non-hydrogen) atoms. The second-order valence-corrected chi connectivity index (χ2v) is 6.88. The first-order valence-corrected chi connectivity index (χ1v) is 8.10. The smallest absolute Gasteiger partial charge is 0.154 e. The maximum atomic E-state index is 11.4. The summed E-state index contributed by atoms with van der Waals surface area (Å²) in [6.07, 6.45) is 0.970. The number of ether oxygens (including phenoxy) is 2. The van der Waals surface area contributed by atoms with Crippen molar-refractivity contribution in [1.82, 2.24) is 0 Å². The third-order valence-corrected chi connectivity index (χ3v) is 4.90. The second-order valence-electron chi connectivity index (χ2n) is 4.66. The van der Waals surface area contributed by atoms with Gasteiger partial charge in [-0.3, -0.25) is 0 Å². The molecule has 0 amide bonds. The minimum atomic E-state index is -2.93. The predicted molar refractivity (Wildman–Crippen MR) is 73.4 cm³/mol. The summed E-state index contributed by atoms with van der Waals surface area (Å²) >= 11 is 0. The van der Waals surface area contributed by atoms with E-state index in [4.69, 9.17) is 15.2 Å². The number of rotatable bonds is 5. The van der Waals surface area contributed by atoms with E-state index in [0.717, 1.165) is 11.3 Å². The molecule has 2 N–H and O–H groups in total. The topological polar surface area (TPSA) is 78.6 Å². The van der Waals surface area contributed by atoms with Crippen LogP contribution in [0.15, 0.2) is 18.2 Å². The van der Waals surface area contributed by atoms with Crippen molar-refractivity contribution >= 4 is 9.84 Å². The maximum Gasteiger partial charge on any atom is 0.154 e. The van der Waals surface area contributed by atoms with E-state index < -0.39 is 9.84 Å². The Morgan fingerprint density at radius 2 is 2.21 bits per heavy atom. The summed E-state index contributed by atoms with van der Waals surface area (Å²) in [5.74, 6) is 1.75. The molecule has 0 bridgehead atoms. The van der Waals surface area contributed by atoms with Crippen molar-refractivity contribution in [2.45, 2.75) is 18.9 Å². The van der Waals surface area contributed by atoms with Crippen molar-refractivity contribution in [3.8, 4) is 11.5 Å². The summed E-state index contributed by atoms with van der Waals surface area (Å²) in [5.41, 5.74) is 6.53. The molecule has 0 spiro atoms. The van der Waals surface area contributed by atoms with Gasteiger partial charge in [-0.25, -0.2) is 8.42 Å². The van der Waals surface area contributed by atoms with Crippen LogP contribution in [0.2, 0.25) is 0 Å². The van der Waals surface area contributed by atoms with Gasteiger partial charge in [-0.05, 0) is 43.1 Å². The van der Waals surface area contributed by atoms with Crippen LogP contribution in [0.25, 0.3) is 0 Å². The zero-order valence-corrected chi connectivity index (χ0v) is 11.8. The molecular formula is C13H19NO4S. The van der Waals surface area contributed by atoms with Gasteiger partial charge in [-0.15, -0.1) is 0 Å². The van der Waals surface area contributed by atoms with Crippen LogP contribution in [-0.4, -0.2) is 39.7 Å². The monoisotopic (exact) mass is 285 g/mol. The lowest BCUT2D eigenvalue weighted by molar-refractivity contribution is 0.226. The molecule has 0 radical (unpaired) electrons. The quantitative estimate of drug-likeness (QED) is 0.864. The Hall–Kier alpha value is -1.27. The van der Waals surface area contributed by atoms with Crippen LogP contribution >= 0.6 is 0 Å². The molecule has 1 aliphatic heterocycles. The van der Waals surface area contributed by atoms with Crippen molar-refractivity contribution < 1.29 is 17.9 Å². The fourth-order valence-corrected chi connectivity index (χ4v) is 3.77. The minimum Gasteiger partial charge on any atom is -0.497 e. The summed E-state index contributed by atoms with van der Waals surface area (Å²) < 4.78 is 33.8. The van der Waals surface area contributed by atoms with Crippen molar-refractivity contribution in [3.63, 3.8) is 0 Å². The van der Waals surface area contributed by atoms with E-state index in [1.165, 1.54) is 0 Å². The minimum absolute atomic E-state index is 0.0983. The second kappa shape index (κ2) is 5.79. The average Bonchev–Trinajstić information content (AvgIpc) is 2.71. The number of nitrogens with two attached hydrogens (primary N) is 1. The van der Waals surface area contributed by atoms with Gasteiger partial charge in [0.1, 0.15) is 17.6 Å². The third kappa shape index (κ3) is 3.61. The molecule has 0 aliphatic carbocycles. The summed E-state index contributed by atoms with van der Waals surface area (Å²) in [6, 6.07) is 5.50. The zero-order valence-electron chi connectivity index (χ0n) is 11.0. The largest absolute Gasteiger partial charge is 0.497 e. The number of hydrogen-bond acceptors (Lipinski definition) is 5. The van der Waals surface area contributed by atoms with Crippen LogP contribution < -0.4 is 15.2 Å². The lowest BCUT2D eigenvalue weighted by Gasteiger charge is -2.16. The fourth-order valence-electron chi connectivity index (χ4n) is 2.18. The molecule has 1 atom stereocenters. The highest BCUT2D eigenvalue weighted by Gasteiger charge is 2.29. The molecule has 5 nitrogen and oxygen atoms in total. The Morgan fingerprint density at radius 1 is 1.42 bits per heavy atom. The SMILES string of the molecule is COc1ccc(OC2CCS(=O)(=O)C2)c(CCN)c1. The average molecular weight is 285 g/mol. The molecular weight excluding hydrogens is 266 g/mol. The Bertz CT molecular complexity index is 542. The van der Waals surface area contributed by atoms with Gasteiger partial charge >= 0.3 is 0 Å². The van der Waals surface area contributed by atoms with Crippen LogP contribution in [0.5, 0.6) is 11.5 Å². The molecule has 2 rings (SSSR count). The summed E-state index contributed by atoms with van der Waals surface area (Å²) in [5, 5.41) is 0. The van der Waals surface area contributed by atoms with E-state index in [0.29, 0.717) is 25.1 Å². The van der Waals surface area contributed by atoms with E-state index in [2.05, 4.69) is 0 Å². The Kier molecular flexibility index (Phi) is 4.31.